The number of aryl methyl sites for hydroxylation is 1. The highest BCUT2D eigenvalue weighted by atomic mass is 32.2. The molecule has 6 rings (SSSR count). The van der Waals surface area contributed by atoms with Gasteiger partial charge in [0.15, 0.2) is 10.8 Å². The number of fused-ring (bicyclic) bond motifs is 3. The van der Waals surface area contributed by atoms with E-state index in [2.05, 4.69) is 15.3 Å². The molecule has 0 aliphatic carbocycles. The zero-order chi connectivity index (χ0) is 25.7. The first-order chi connectivity index (χ1) is 17.1. The topological polar surface area (TPSA) is 78.4 Å². The number of hydrogen-bond acceptors (Lipinski definition) is 6. The quantitative estimate of drug-likeness (QED) is 0.509. The first-order valence-electron chi connectivity index (χ1n) is 11.4. The summed E-state index contributed by atoms with van der Waals surface area (Å²) in [6.45, 7) is 2.41. The van der Waals surface area contributed by atoms with E-state index >= 15 is 0 Å². The molecule has 190 valence electrons. The Hall–Kier alpha value is -3.09. The fourth-order valence-electron chi connectivity index (χ4n) is 4.77. The van der Waals surface area contributed by atoms with Gasteiger partial charge in [0.2, 0.25) is 0 Å². The zero-order valence-corrected chi connectivity index (χ0v) is 20.0. The van der Waals surface area contributed by atoms with Gasteiger partial charge in [0.1, 0.15) is 5.82 Å². The summed E-state index contributed by atoms with van der Waals surface area (Å²) in [7, 11) is -4.34. The smallest absolute Gasteiger partial charge is 0.311 e. The van der Waals surface area contributed by atoms with Crippen molar-refractivity contribution in [3.05, 3.63) is 71.8 Å². The second kappa shape index (κ2) is 9.09. The molecule has 3 saturated heterocycles. The molecule has 2 atom stereocenters. The Kier molecular flexibility index (Phi) is 6.21. The summed E-state index contributed by atoms with van der Waals surface area (Å²) in [6, 6.07) is 8.83. The predicted molar refractivity (Wildman–Crippen MR) is 125 cm³/mol. The summed E-state index contributed by atoms with van der Waals surface area (Å²) in [5.74, 6) is -0.931. The van der Waals surface area contributed by atoms with E-state index in [1.54, 1.807) is 18.0 Å². The summed E-state index contributed by atoms with van der Waals surface area (Å²) in [4.78, 5) is 7.97. The van der Waals surface area contributed by atoms with E-state index in [-0.39, 0.29) is 34.1 Å². The third-order valence-corrected chi connectivity index (χ3v) is 8.19. The Bertz CT molecular complexity index is 1380. The average molecular weight is 522 g/mol. The van der Waals surface area contributed by atoms with Crippen molar-refractivity contribution < 1.29 is 26.0 Å². The van der Waals surface area contributed by atoms with Crippen LogP contribution in [0.5, 0.6) is 0 Å². The van der Waals surface area contributed by atoms with Gasteiger partial charge in [0.25, 0.3) is 10.0 Å². The van der Waals surface area contributed by atoms with Crippen molar-refractivity contribution in [3.8, 4) is 11.1 Å². The molecule has 5 heterocycles. The third-order valence-electron chi connectivity index (χ3n) is 6.56. The van der Waals surface area contributed by atoms with Gasteiger partial charge in [-0.25, -0.2) is 14.4 Å². The largest absolute Gasteiger partial charge is 0.418 e. The molecule has 3 aliphatic heterocycles. The minimum Gasteiger partial charge on any atom is -0.311 e. The lowest BCUT2D eigenvalue weighted by Crippen LogP contribution is -2.66. The van der Waals surface area contributed by atoms with Crippen LogP contribution in [0.3, 0.4) is 0 Å². The number of hydrogen-bond donors (Lipinski definition) is 1. The number of aromatic nitrogens is 2. The van der Waals surface area contributed by atoms with Crippen molar-refractivity contribution in [1.82, 2.24) is 20.3 Å². The van der Waals surface area contributed by atoms with Gasteiger partial charge < -0.3 is 5.32 Å². The van der Waals surface area contributed by atoms with Crippen LogP contribution in [-0.2, 0) is 16.2 Å². The lowest BCUT2D eigenvalue weighted by atomic mass is 9.94. The molecule has 3 aliphatic rings. The molecule has 2 aromatic heterocycles. The third kappa shape index (κ3) is 4.44. The number of nitrogens with zero attached hydrogens (tertiary/aromatic N) is 4. The number of hydrazine groups is 1. The predicted octanol–water partition coefficient (Wildman–Crippen LogP) is 4.16. The van der Waals surface area contributed by atoms with Gasteiger partial charge in [0, 0.05) is 37.6 Å². The lowest BCUT2D eigenvalue weighted by molar-refractivity contribution is -0.137. The van der Waals surface area contributed by atoms with Crippen LogP contribution < -0.4 is 9.73 Å². The van der Waals surface area contributed by atoms with Crippen LogP contribution in [0.25, 0.3) is 11.1 Å². The Morgan fingerprint density at radius 3 is 2.50 bits per heavy atom. The van der Waals surface area contributed by atoms with Crippen molar-refractivity contribution in [3.63, 3.8) is 0 Å². The molecule has 3 aromatic rings. The molecule has 0 spiro atoms. The Balaban J connectivity index is 1.72. The van der Waals surface area contributed by atoms with Crippen LogP contribution in [0.2, 0.25) is 0 Å². The van der Waals surface area contributed by atoms with Crippen LogP contribution in [0.4, 0.5) is 23.4 Å². The molecule has 0 radical (unpaired) electrons. The van der Waals surface area contributed by atoms with Crippen molar-refractivity contribution in [2.45, 2.75) is 43.1 Å². The lowest BCUT2D eigenvalue weighted by Gasteiger charge is -2.49. The van der Waals surface area contributed by atoms with Gasteiger partial charge in [0.05, 0.1) is 5.56 Å². The maximum Gasteiger partial charge on any atom is 0.418 e. The Labute approximate surface area is 205 Å². The van der Waals surface area contributed by atoms with Crippen LogP contribution >= 0.6 is 0 Å². The molecular weight excluding hydrogens is 498 g/mol. The van der Waals surface area contributed by atoms with E-state index in [4.69, 9.17) is 0 Å². The molecule has 0 saturated carbocycles. The number of halogens is 4. The number of piperidine rings is 2. The highest BCUT2D eigenvalue weighted by Gasteiger charge is 2.43. The normalized spacial score (nSPS) is 20.5. The highest BCUT2D eigenvalue weighted by molar-refractivity contribution is 7.92. The molecule has 1 N–H and O–H groups in total. The molecule has 1 aromatic carbocycles. The van der Waals surface area contributed by atoms with Crippen LogP contribution in [-0.4, -0.2) is 48.6 Å². The minimum absolute atomic E-state index is 0.00277. The maximum absolute atomic E-state index is 14.1. The van der Waals surface area contributed by atoms with E-state index in [0.717, 1.165) is 29.0 Å². The Morgan fingerprint density at radius 1 is 1.08 bits per heavy atom. The van der Waals surface area contributed by atoms with Gasteiger partial charge in [-0.15, -0.1) is 0 Å². The van der Waals surface area contributed by atoms with Crippen LogP contribution in [0.15, 0.2) is 59.9 Å². The van der Waals surface area contributed by atoms with Gasteiger partial charge in [-0.3, -0.25) is 0 Å². The maximum atomic E-state index is 14.1. The molecule has 7 nitrogen and oxygen atoms in total. The van der Waals surface area contributed by atoms with Crippen molar-refractivity contribution >= 4 is 15.8 Å². The number of rotatable bonds is 5. The van der Waals surface area contributed by atoms with Crippen LogP contribution in [0, 0.1) is 12.7 Å². The number of nitrogens with one attached hydrogen (secondary N) is 1. The van der Waals surface area contributed by atoms with Gasteiger partial charge in [-0.2, -0.15) is 31.0 Å². The fraction of sp³-hybridized carbons (Fsp3) is 0.333. The Morgan fingerprint density at radius 2 is 1.89 bits per heavy atom. The zero-order valence-electron chi connectivity index (χ0n) is 19.2. The molecule has 12 heteroatoms. The van der Waals surface area contributed by atoms with E-state index in [9.17, 15) is 26.0 Å². The van der Waals surface area contributed by atoms with E-state index in [1.165, 1.54) is 24.4 Å². The molecule has 36 heavy (non-hydrogen) atoms. The summed E-state index contributed by atoms with van der Waals surface area (Å²) < 4.78 is 84.7. The number of piperazine rings is 1. The molecule has 0 amide bonds. The van der Waals surface area contributed by atoms with Gasteiger partial charge in [-0.05, 0) is 66.8 Å². The number of sulfonamides is 1. The second-order valence-corrected chi connectivity index (χ2v) is 10.6. The number of benzene rings is 1. The van der Waals surface area contributed by atoms with Gasteiger partial charge in [-0.1, -0.05) is 12.1 Å². The monoisotopic (exact) mass is 521 g/mol. The summed E-state index contributed by atoms with van der Waals surface area (Å²) >= 11 is 0. The molecule has 2 unspecified atom stereocenters. The first-order valence-corrected chi connectivity index (χ1v) is 12.8. The van der Waals surface area contributed by atoms with Crippen LogP contribution in [0.1, 0.15) is 24.0 Å². The minimum atomic E-state index is -4.79. The van der Waals surface area contributed by atoms with Crippen molar-refractivity contribution in [1.29, 1.82) is 0 Å². The number of alkyl halides is 3. The summed E-state index contributed by atoms with van der Waals surface area (Å²) in [5.41, 5.74) is -1.04. The van der Waals surface area contributed by atoms with Gasteiger partial charge >= 0.3 is 6.18 Å². The van der Waals surface area contributed by atoms with Crippen molar-refractivity contribution in [2.24, 2.45) is 0 Å². The molecular formula is C24H23F4N5O2S. The molecule has 2 bridgehead atoms. The number of anilines is 1. The highest BCUT2D eigenvalue weighted by Crippen LogP contribution is 2.41. The first kappa shape index (κ1) is 24.6. The van der Waals surface area contributed by atoms with Crippen molar-refractivity contribution in [2.75, 3.05) is 17.5 Å². The fourth-order valence-corrected chi connectivity index (χ4v) is 6.22. The number of pyridine rings is 2. The summed E-state index contributed by atoms with van der Waals surface area (Å²) in [5, 5.41) is 4.71. The van der Waals surface area contributed by atoms with E-state index in [1.807, 2.05) is 0 Å². The second-order valence-electron chi connectivity index (χ2n) is 8.92. The molecule has 3 fully saturated rings. The van der Waals surface area contributed by atoms with E-state index < -0.39 is 27.6 Å². The summed E-state index contributed by atoms with van der Waals surface area (Å²) in [6.07, 6.45) is -1.29. The SMILES string of the molecule is Cc1ccc(F)cc1-c1cc(N(N2CC3CCC2CN3)S(=O)(=O)c2ccccn2)ncc1C(F)(F)F. The van der Waals surface area contributed by atoms with E-state index in [0.29, 0.717) is 31.3 Å². The standard InChI is InChI=1S/C24H23F4N5O2S/c1-15-5-6-16(25)10-19(15)20-11-22(31-13-21(20)24(26,27)28)33(32-14-17-7-8-18(32)12-30-17)36(34,35)23-4-2-3-9-29-23/h2-6,9-11,13,17-18,30H,7-8,12,14H2,1H3. The average Bonchev–Trinajstić information content (AvgIpc) is 2.86.